The summed E-state index contributed by atoms with van der Waals surface area (Å²) in [4.78, 5) is 35.2. The maximum absolute atomic E-state index is 12.0. The third-order valence-corrected chi connectivity index (χ3v) is 4.20. The molecular formula is C22H22N2O8. The molecule has 0 saturated heterocycles. The van der Waals surface area contributed by atoms with Crippen LogP contribution in [0.2, 0.25) is 0 Å². The fraction of sp³-hybridized carbons (Fsp3) is 0.136. The molecule has 10 heteroatoms. The van der Waals surface area contributed by atoms with Crippen LogP contribution in [0, 0.1) is 0 Å². The van der Waals surface area contributed by atoms with Gasteiger partial charge in [0, 0.05) is 18.7 Å². The number of carbonyl (C=O) groups excluding carboxylic acids is 2. The minimum absolute atomic E-state index is 0.0310. The molecular weight excluding hydrogens is 420 g/mol. The molecule has 2 aromatic rings. The molecule has 0 radical (unpaired) electrons. The highest BCUT2D eigenvalue weighted by Crippen LogP contribution is 2.26. The summed E-state index contributed by atoms with van der Waals surface area (Å²) >= 11 is 0. The number of carboxylic acids is 1. The number of nitrogens with one attached hydrogen (secondary N) is 2. The van der Waals surface area contributed by atoms with E-state index >= 15 is 0 Å². The minimum atomic E-state index is -1.28. The van der Waals surface area contributed by atoms with Crippen LogP contribution in [0.1, 0.15) is 17.5 Å². The molecule has 0 bridgehead atoms. The van der Waals surface area contributed by atoms with Crippen molar-refractivity contribution in [2.75, 3.05) is 6.54 Å². The molecule has 1 atom stereocenters. The van der Waals surface area contributed by atoms with Crippen LogP contribution in [-0.2, 0) is 14.4 Å². The highest BCUT2D eigenvalue weighted by atomic mass is 16.4. The zero-order chi connectivity index (χ0) is 23.7. The molecule has 7 N–H and O–H groups in total. The molecule has 0 fully saturated rings. The van der Waals surface area contributed by atoms with Crippen LogP contribution in [-0.4, -0.2) is 55.9 Å². The van der Waals surface area contributed by atoms with E-state index in [0.29, 0.717) is 11.1 Å². The summed E-state index contributed by atoms with van der Waals surface area (Å²) in [5, 5.41) is 51.4. The predicted octanol–water partition coefficient (Wildman–Crippen LogP) is 1.31. The topological polar surface area (TPSA) is 176 Å². The van der Waals surface area contributed by atoms with Crippen molar-refractivity contribution in [3.8, 4) is 23.0 Å². The van der Waals surface area contributed by atoms with Gasteiger partial charge in [0.1, 0.15) is 6.04 Å². The van der Waals surface area contributed by atoms with Gasteiger partial charge in [0.2, 0.25) is 11.8 Å². The lowest BCUT2D eigenvalue weighted by Crippen LogP contribution is -2.42. The first kappa shape index (κ1) is 23.8. The molecule has 2 rings (SSSR count). The Morgan fingerprint density at radius 1 is 0.781 bits per heavy atom. The van der Waals surface area contributed by atoms with E-state index in [4.69, 9.17) is 0 Å². The molecule has 0 aromatic heterocycles. The Morgan fingerprint density at radius 3 is 1.75 bits per heavy atom. The number of benzene rings is 2. The quantitative estimate of drug-likeness (QED) is 0.224. The van der Waals surface area contributed by atoms with Gasteiger partial charge in [0.25, 0.3) is 0 Å². The summed E-state index contributed by atoms with van der Waals surface area (Å²) in [6, 6.07) is 6.70. The molecule has 0 saturated carbocycles. The third-order valence-electron chi connectivity index (χ3n) is 4.20. The monoisotopic (exact) mass is 442 g/mol. The first-order valence-electron chi connectivity index (χ1n) is 9.37. The summed E-state index contributed by atoms with van der Waals surface area (Å²) in [6.07, 6.45) is 4.92. The molecule has 0 heterocycles. The van der Waals surface area contributed by atoms with Gasteiger partial charge in [-0.2, -0.15) is 0 Å². The van der Waals surface area contributed by atoms with Crippen LogP contribution in [0.4, 0.5) is 0 Å². The number of hydrogen-bond donors (Lipinski definition) is 7. The number of phenols is 4. The van der Waals surface area contributed by atoms with Crippen molar-refractivity contribution in [1.82, 2.24) is 10.6 Å². The maximum Gasteiger partial charge on any atom is 0.326 e. The Bertz CT molecular complexity index is 1060. The number of amides is 2. The second-order valence-corrected chi connectivity index (χ2v) is 6.64. The van der Waals surface area contributed by atoms with Gasteiger partial charge in [-0.05, 0) is 54.0 Å². The van der Waals surface area contributed by atoms with Crippen LogP contribution in [0.3, 0.4) is 0 Å². The van der Waals surface area contributed by atoms with Crippen molar-refractivity contribution in [1.29, 1.82) is 0 Å². The minimum Gasteiger partial charge on any atom is -0.504 e. The lowest BCUT2D eigenvalue weighted by atomic mass is 10.1. The predicted molar refractivity (Wildman–Crippen MR) is 115 cm³/mol. The Morgan fingerprint density at radius 2 is 1.28 bits per heavy atom. The molecule has 10 nitrogen and oxygen atoms in total. The summed E-state index contributed by atoms with van der Waals surface area (Å²) < 4.78 is 0. The van der Waals surface area contributed by atoms with Crippen molar-refractivity contribution in [2.45, 2.75) is 12.5 Å². The fourth-order valence-corrected chi connectivity index (χ4v) is 2.51. The molecule has 0 aliphatic heterocycles. The number of rotatable bonds is 9. The summed E-state index contributed by atoms with van der Waals surface area (Å²) in [5.41, 5.74) is 0.892. The zero-order valence-corrected chi connectivity index (χ0v) is 16.7. The molecule has 168 valence electrons. The number of carbonyl (C=O) groups is 3. The van der Waals surface area contributed by atoms with Gasteiger partial charge in [-0.15, -0.1) is 0 Å². The molecule has 2 aromatic carbocycles. The van der Waals surface area contributed by atoms with Gasteiger partial charge in [-0.3, -0.25) is 9.59 Å². The van der Waals surface area contributed by atoms with Gasteiger partial charge >= 0.3 is 5.97 Å². The Hall–Kier alpha value is -4.47. The van der Waals surface area contributed by atoms with Crippen molar-refractivity contribution >= 4 is 29.9 Å². The van der Waals surface area contributed by atoms with E-state index in [1.165, 1.54) is 54.6 Å². The van der Waals surface area contributed by atoms with Gasteiger partial charge in [-0.1, -0.05) is 12.1 Å². The standard InChI is InChI=1S/C22H22N2O8/c25-16-5-1-13(11-18(16)27)3-7-20(29)23-10-9-15(22(31)32)24-21(30)8-4-14-2-6-17(26)19(28)12-14/h1-8,11-12,15,25-28H,9-10H2,(H,23,29)(H,24,30)(H,31,32)/b7-3+,8-4+. The van der Waals surface area contributed by atoms with Crippen molar-refractivity contribution in [2.24, 2.45) is 0 Å². The van der Waals surface area contributed by atoms with E-state index in [0.717, 1.165) is 6.08 Å². The van der Waals surface area contributed by atoms with Crippen LogP contribution in [0.5, 0.6) is 23.0 Å². The van der Waals surface area contributed by atoms with E-state index in [1.807, 2.05) is 0 Å². The number of aromatic hydroxyl groups is 4. The highest BCUT2D eigenvalue weighted by Gasteiger charge is 2.18. The molecule has 0 aliphatic carbocycles. The average molecular weight is 442 g/mol. The van der Waals surface area contributed by atoms with Gasteiger partial charge in [0.15, 0.2) is 23.0 Å². The number of hydrogen-bond acceptors (Lipinski definition) is 7. The second kappa shape index (κ2) is 11.1. The fourth-order valence-electron chi connectivity index (χ4n) is 2.51. The normalized spacial score (nSPS) is 12.0. The number of carboxylic acid groups (broad SMARTS) is 1. The van der Waals surface area contributed by atoms with Crippen LogP contribution >= 0.6 is 0 Å². The van der Waals surface area contributed by atoms with E-state index in [-0.39, 0.29) is 36.0 Å². The Labute approximate surface area is 182 Å². The average Bonchev–Trinajstić information content (AvgIpc) is 2.74. The van der Waals surface area contributed by atoms with Crippen LogP contribution in [0.15, 0.2) is 48.6 Å². The van der Waals surface area contributed by atoms with E-state index < -0.39 is 23.8 Å². The Balaban J connectivity index is 1.84. The molecule has 1 unspecified atom stereocenters. The van der Waals surface area contributed by atoms with Gasteiger partial charge in [-0.25, -0.2) is 4.79 Å². The van der Waals surface area contributed by atoms with E-state index in [1.54, 1.807) is 0 Å². The molecule has 32 heavy (non-hydrogen) atoms. The summed E-state index contributed by atoms with van der Waals surface area (Å²) in [7, 11) is 0. The van der Waals surface area contributed by atoms with Crippen molar-refractivity contribution in [3.05, 3.63) is 59.7 Å². The van der Waals surface area contributed by atoms with Gasteiger partial charge in [0.05, 0.1) is 0 Å². The molecule has 2 amide bonds. The third kappa shape index (κ3) is 7.41. The molecule has 0 spiro atoms. The van der Waals surface area contributed by atoms with Crippen LogP contribution < -0.4 is 10.6 Å². The summed E-state index contributed by atoms with van der Waals surface area (Å²) in [6.45, 7) is -0.0310. The Kier molecular flexibility index (Phi) is 8.23. The lowest BCUT2D eigenvalue weighted by molar-refractivity contribution is -0.141. The lowest BCUT2D eigenvalue weighted by Gasteiger charge is -2.13. The van der Waals surface area contributed by atoms with E-state index in [9.17, 15) is 39.9 Å². The number of aliphatic carboxylic acids is 1. The first-order valence-corrected chi connectivity index (χ1v) is 9.37. The van der Waals surface area contributed by atoms with Crippen LogP contribution in [0.25, 0.3) is 12.2 Å². The second-order valence-electron chi connectivity index (χ2n) is 6.64. The largest absolute Gasteiger partial charge is 0.504 e. The molecule has 0 aliphatic rings. The SMILES string of the molecule is O=C(/C=C/c1ccc(O)c(O)c1)NCCC(NC(=O)/C=C/c1ccc(O)c(O)c1)C(=O)O. The van der Waals surface area contributed by atoms with Crippen molar-refractivity contribution in [3.63, 3.8) is 0 Å². The zero-order valence-electron chi connectivity index (χ0n) is 16.7. The van der Waals surface area contributed by atoms with E-state index in [2.05, 4.69) is 10.6 Å². The van der Waals surface area contributed by atoms with Gasteiger partial charge < -0.3 is 36.2 Å². The maximum atomic E-state index is 12.0. The smallest absolute Gasteiger partial charge is 0.326 e. The number of phenolic OH excluding ortho intramolecular Hbond substituents is 4. The summed E-state index contributed by atoms with van der Waals surface area (Å²) in [5.74, 6) is -3.77. The highest BCUT2D eigenvalue weighted by molar-refractivity contribution is 5.94. The first-order chi connectivity index (χ1) is 15.2. The van der Waals surface area contributed by atoms with Crippen molar-refractivity contribution < 1.29 is 39.9 Å².